The van der Waals surface area contributed by atoms with Crippen molar-refractivity contribution in [2.45, 2.75) is 39.3 Å². The van der Waals surface area contributed by atoms with Crippen LogP contribution in [0.3, 0.4) is 0 Å². The van der Waals surface area contributed by atoms with Crippen molar-refractivity contribution in [2.24, 2.45) is 11.7 Å². The minimum atomic E-state index is -0.340. The van der Waals surface area contributed by atoms with Crippen molar-refractivity contribution in [3.63, 3.8) is 0 Å². The number of nitrogens with zero attached hydrogens (tertiary/aromatic N) is 1. The smallest absolute Gasteiger partial charge is 0.146 e. The Bertz CT molecular complexity index is 741. The highest BCUT2D eigenvalue weighted by Gasteiger charge is 2.22. The van der Waals surface area contributed by atoms with Gasteiger partial charge in [0.25, 0.3) is 0 Å². The highest BCUT2D eigenvalue weighted by atomic mass is 16.5. The highest BCUT2D eigenvalue weighted by molar-refractivity contribution is 5.77. The van der Waals surface area contributed by atoms with Gasteiger partial charge in [-0.2, -0.15) is 0 Å². The van der Waals surface area contributed by atoms with Crippen LogP contribution >= 0.6 is 0 Å². The summed E-state index contributed by atoms with van der Waals surface area (Å²) in [5.74, 6) is 2.59. The van der Waals surface area contributed by atoms with Gasteiger partial charge in [0.05, 0.1) is 6.20 Å². The second-order valence-electron chi connectivity index (χ2n) is 7.25. The van der Waals surface area contributed by atoms with Gasteiger partial charge in [-0.1, -0.05) is 19.9 Å². The zero-order valence-corrected chi connectivity index (χ0v) is 14.5. The molecule has 5 heteroatoms. The van der Waals surface area contributed by atoms with Crippen molar-refractivity contribution in [1.29, 1.82) is 0 Å². The van der Waals surface area contributed by atoms with E-state index < -0.39 is 0 Å². The molecule has 1 atom stereocenters. The maximum atomic E-state index is 6.31. The largest absolute Gasteiger partial charge is 0.492 e. The molecule has 4 N–H and O–H groups in total. The number of nitrogen functional groups attached to an aromatic ring is 1. The molecule has 0 radical (unpaired) electrons. The third-order valence-corrected chi connectivity index (χ3v) is 4.08. The summed E-state index contributed by atoms with van der Waals surface area (Å²) in [7, 11) is 0. The van der Waals surface area contributed by atoms with E-state index in [-0.39, 0.29) is 5.54 Å². The standard InChI is InChI=1S/C19H25N3O2/c1-12(2)8-19(3,21)11-24-14-4-5-15-13(6-14)10-23-17-9-22-18(20)7-16(15)17/h4-7,9,12H,8,10-11,21H2,1-3H3,(H2,20,22)/t19-/m0/s1. The van der Waals surface area contributed by atoms with E-state index in [4.69, 9.17) is 20.9 Å². The molecule has 2 heterocycles. The summed E-state index contributed by atoms with van der Waals surface area (Å²) in [6, 6.07) is 7.87. The summed E-state index contributed by atoms with van der Waals surface area (Å²) in [6.07, 6.45) is 2.59. The molecule has 0 unspecified atom stereocenters. The number of benzene rings is 1. The van der Waals surface area contributed by atoms with Gasteiger partial charge in [0, 0.05) is 16.7 Å². The van der Waals surface area contributed by atoms with Gasteiger partial charge in [0.2, 0.25) is 0 Å². The maximum absolute atomic E-state index is 6.31. The van der Waals surface area contributed by atoms with E-state index in [0.29, 0.717) is 24.9 Å². The molecule has 2 aromatic rings. The summed E-state index contributed by atoms with van der Waals surface area (Å²) >= 11 is 0. The zero-order chi connectivity index (χ0) is 17.3. The summed E-state index contributed by atoms with van der Waals surface area (Å²) < 4.78 is 11.7. The number of fused-ring (bicyclic) bond motifs is 3. The van der Waals surface area contributed by atoms with Crippen molar-refractivity contribution in [1.82, 2.24) is 4.98 Å². The summed E-state index contributed by atoms with van der Waals surface area (Å²) in [6.45, 7) is 7.34. The number of hydrogen-bond donors (Lipinski definition) is 2. The fourth-order valence-electron chi connectivity index (χ4n) is 3.22. The molecule has 0 amide bonds. The van der Waals surface area contributed by atoms with Gasteiger partial charge in [-0.3, -0.25) is 0 Å². The van der Waals surface area contributed by atoms with E-state index in [9.17, 15) is 0 Å². The lowest BCUT2D eigenvalue weighted by Crippen LogP contribution is -2.43. The van der Waals surface area contributed by atoms with Crippen LogP contribution in [-0.4, -0.2) is 17.1 Å². The van der Waals surface area contributed by atoms with Crippen molar-refractivity contribution in [2.75, 3.05) is 12.3 Å². The van der Waals surface area contributed by atoms with Crippen LogP contribution < -0.4 is 20.9 Å². The van der Waals surface area contributed by atoms with Gasteiger partial charge in [-0.15, -0.1) is 0 Å². The number of hydrogen-bond acceptors (Lipinski definition) is 5. The second-order valence-corrected chi connectivity index (χ2v) is 7.25. The molecule has 5 nitrogen and oxygen atoms in total. The number of pyridine rings is 1. The van der Waals surface area contributed by atoms with Crippen LogP contribution in [0.15, 0.2) is 30.5 Å². The Morgan fingerprint density at radius 2 is 2.08 bits per heavy atom. The van der Waals surface area contributed by atoms with Crippen LogP contribution in [-0.2, 0) is 6.61 Å². The molecular formula is C19H25N3O2. The SMILES string of the molecule is CC(C)C[C@](C)(N)COc1ccc2c(c1)COc1cnc(N)cc1-2. The quantitative estimate of drug-likeness (QED) is 0.879. The van der Waals surface area contributed by atoms with Crippen LogP contribution in [0.25, 0.3) is 11.1 Å². The molecule has 1 aliphatic rings. The predicted octanol–water partition coefficient (Wildman–Crippen LogP) is 3.37. The number of aromatic nitrogens is 1. The van der Waals surface area contributed by atoms with Crippen molar-refractivity contribution < 1.29 is 9.47 Å². The van der Waals surface area contributed by atoms with Crippen molar-refractivity contribution >= 4 is 5.82 Å². The first-order valence-electron chi connectivity index (χ1n) is 8.27. The van der Waals surface area contributed by atoms with Crippen molar-refractivity contribution in [3.05, 3.63) is 36.0 Å². The Labute approximate surface area is 143 Å². The highest BCUT2D eigenvalue weighted by Crippen LogP contribution is 2.39. The fraction of sp³-hybridized carbons (Fsp3) is 0.421. The van der Waals surface area contributed by atoms with Crippen LogP contribution in [0.5, 0.6) is 11.5 Å². The molecule has 0 aliphatic carbocycles. The molecule has 0 fully saturated rings. The second kappa shape index (κ2) is 6.32. The Balaban J connectivity index is 1.78. The third-order valence-electron chi connectivity index (χ3n) is 4.08. The number of anilines is 1. The number of ether oxygens (including phenoxy) is 2. The Morgan fingerprint density at radius 1 is 1.29 bits per heavy atom. The summed E-state index contributed by atoms with van der Waals surface area (Å²) in [4.78, 5) is 4.08. The Morgan fingerprint density at radius 3 is 2.83 bits per heavy atom. The van der Waals surface area contributed by atoms with E-state index in [1.165, 1.54) is 0 Å². The number of rotatable bonds is 5. The van der Waals surface area contributed by atoms with E-state index >= 15 is 0 Å². The number of nitrogens with two attached hydrogens (primary N) is 2. The molecule has 0 spiro atoms. The first-order chi connectivity index (χ1) is 11.3. The fourth-order valence-corrected chi connectivity index (χ4v) is 3.22. The van der Waals surface area contributed by atoms with Gasteiger partial charge in [-0.05, 0) is 43.0 Å². The third kappa shape index (κ3) is 3.62. The van der Waals surface area contributed by atoms with Gasteiger partial charge in [-0.25, -0.2) is 4.98 Å². The van der Waals surface area contributed by atoms with E-state index in [0.717, 1.165) is 34.6 Å². The van der Waals surface area contributed by atoms with Gasteiger partial charge >= 0.3 is 0 Å². The lowest BCUT2D eigenvalue weighted by Gasteiger charge is -2.27. The molecule has 24 heavy (non-hydrogen) atoms. The molecule has 1 aromatic carbocycles. The molecule has 1 aliphatic heterocycles. The van der Waals surface area contributed by atoms with Crippen LogP contribution in [0.2, 0.25) is 0 Å². The van der Waals surface area contributed by atoms with Gasteiger partial charge < -0.3 is 20.9 Å². The molecule has 0 saturated carbocycles. The first kappa shape index (κ1) is 16.6. The molecule has 1 aromatic heterocycles. The minimum absolute atomic E-state index is 0.340. The lowest BCUT2D eigenvalue weighted by molar-refractivity contribution is 0.206. The molecule has 128 valence electrons. The van der Waals surface area contributed by atoms with Crippen LogP contribution in [0.1, 0.15) is 32.8 Å². The zero-order valence-electron chi connectivity index (χ0n) is 14.5. The predicted molar refractivity (Wildman–Crippen MR) is 96.0 cm³/mol. The van der Waals surface area contributed by atoms with Crippen LogP contribution in [0.4, 0.5) is 5.82 Å². The Hall–Kier alpha value is -2.27. The minimum Gasteiger partial charge on any atom is -0.492 e. The normalized spacial score (nSPS) is 15.2. The summed E-state index contributed by atoms with van der Waals surface area (Å²) in [5.41, 5.74) is 14.9. The average Bonchev–Trinajstić information content (AvgIpc) is 2.51. The van der Waals surface area contributed by atoms with Crippen molar-refractivity contribution in [3.8, 4) is 22.6 Å². The molecule has 0 bridgehead atoms. The van der Waals surface area contributed by atoms with Gasteiger partial charge in [0.15, 0.2) is 0 Å². The van der Waals surface area contributed by atoms with E-state index in [2.05, 4.69) is 18.8 Å². The van der Waals surface area contributed by atoms with Crippen LogP contribution in [0, 0.1) is 5.92 Å². The molecule has 0 saturated heterocycles. The van der Waals surface area contributed by atoms with Gasteiger partial charge in [0.1, 0.15) is 30.5 Å². The van der Waals surface area contributed by atoms with E-state index in [1.54, 1.807) is 6.20 Å². The maximum Gasteiger partial charge on any atom is 0.146 e. The monoisotopic (exact) mass is 327 g/mol. The average molecular weight is 327 g/mol. The molecule has 3 rings (SSSR count). The Kier molecular flexibility index (Phi) is 4.37. The topological polar surface area (TPSA) is 83.4 Å². The van der Waals surface area contributed by atoms with E-state index in [1.807, 2.05) is 31.2 Å². The molecular weight excluding hydrogens is 302 g/mol. The first-order valence-corrected chi connectivity index (χ1v) is 8.27. The lowest BCUT2D eigenvalue weighted by atomic mass is 9.93. The summed E-state index contributed by atoms with van der Waals surface area (Å²) in [5, 5.41) is 0.